The average molecular weight is 224 g/mol. The van der Waals surface area contributed by atoms with Gasteiger partial charge < -0.3 is 4.74 Å². The second-order valence-electron chi connectivity index (χ2n) is 3.06. The van der Waals surface area contributed by atoms with Gasteiger partial charge in [0.1, 0.15) is 11.7 Å². The first-order chi connectivity index (χ1) is 7.10. The van der Waals surface area contributed by atoms with E-state index in [1.165, 1.54) is 13.2 Å². The highest BCUT2D eigenvalue weighted by Gasteiger charge is 2.18. The molecule has 0 aliphatic heterocycles. The van der Waals surface area contributed by atoms with Crippen molar-refractivity contribution in [2.24, 2.45) is 5.92 Å². The van der Waals surface area contributed by atoms with E-state index < -0.39 is 5.92 Å². The van der Waals surface area contributed by atoms with Crippen LogP contribution in [0.5, 0.6) is 5.75 Å². The number of hydrogen-bond acceptors (Lipinski definition) is 3. The third kappa shape index (κ3) is 2.48. The Kier molecular flexibility index (Phi) is 3.70. The molecule has 0 aromatic heterocycles. The summed E-state index contributed by atoms with van der Waals surface area (Å²) in [7, 11) is 1.47. The number of Topliss-reactive ketones (excluding diaryl/α,β-unsaturated/α-hetero) is 1. The Hall–Kier alpha value is -1.53. The van der Waals surface area contributed by atoms with Gasteiger partial charge in [-0.15, -0.1) is 0 Å². The highest BCUT2D eigenvalue weighted by molar-refractivity contribution is 6.31. The van der Waals surface area contributed by atoms with Gasteiger partial charge in [0.15, 0.2) is 5.78 Å². The molecule has 4 heteroatoms. The fourth-order valence-corrected chi connectivity index (χ4v) is 1.34. The van der Waals surface area contributed by atoms with Gasteiger partial charge in [-0.3, -0.25) is 4.79 Å². The minimum atomic E-state index is -0.697. The maximum absolute atomic E-state index is 11.7. The maximum atomic E-state index is 11.7. The van der Waals surface area contributed by atoms with Crippen molar-refractivity contribution in [2.75, 3.05) is 7.11 Å². The Balaban J connectivity index is 3.18. The number of ether oxygens (including phenoxy) is 1. The van der Waals surface area contributed by atoms with Crippen molar-refractivity contribution in [3.63, 3.8) is 0 Å². The van der Waals surface area contributed by atoms with E-state index in [-0.39, 0.29) is 5.78 Å². The number of carbonyl (C=O) groups excluding carboxylic acids is 1. The molecule has 1 aromatic rings. The van der Waals surface area contributed by atoms with Crippen LogP contribution in [-0.4, -0.2) is 12.9 Å². The first-order valence-electron chi connectivity index (χ1n) is 4.37. The molecular formula is C11H10ClNO2. The van der Waals surface area contributed by atoms with Gasteiger partial charge in [-0.25, -0.2) is 0 Å². The van der Waals surface area contributed by atoms with E-state index in [1.54, 1.807) is 19.1 Å². The van der Waals surface area contributed by atoms with E-state index in [2.05, 4.69) is 0 Å². The molecule has 1 atom stereocenters. The van der Waals surface area contributed by atoms with E-state index in [4.69, 9.17) is 21.6 Å². The van der Waals surface area contributed by atoms with Gasteiger partial charge in [-0.05, 0) is 25.1 Å². The van der Waals surface area contributed by atoms with Gasteiger partial charge >= 0.3 is 0 Å². The molecule has 0 bridgehead atoms. The standard InChI is InChI=1S/C11H10ClNO2/c1-7(6-13)11(14)9-5-8(12)3-4-10(9)15-2/h3-5,7H,1-2H3. The van der Waals surface area contributed by atoms with Gasteiger partial charge in [-0.2, -0.15) is 5.26 Å². The van der Waals surface area contributed by atoms with Crippen LogP contribution >= 0.6 is 11.6 Å². The molecule has 0 heterocycles. The predicted molar refractivity (Wildman–Crippen MR) is 57.1 cm³/mol. The number of nitriles is 1. The van der Waals surface area contributed by atoms with Crippen LogP contribution in [0.3, 0.4) is 0 Å². The molecule has 0 aliphatic carbocycles. The predicted octanol–water partition coefficient (Wildman–Crippen LogP) is 2.69. The van der Waals surface area contributed by atoms with Gasteiger partial charge in [0.2, 0.25) is 0 Å². The second kappa shape index (κ2) is 4.81. The lowest BCUT2D eigenvalue weighted by atomic mass is 10.00. The van der Waals surface area contributed by atoms with Crippen molar-refractivity contribution in [3.8, 4) is 11.8 Å². The molecule has 1 rings (SSSR count). The van der Waals surface area contributed by atoms with Crippen LogP contribution in [0.25, 0.3) is 0 Å². The van der Waals surface area contributed by atoms with Crippen LogP contribution in [0.2, 0.25) is 5.02 Å². The fraction of sp³-hybridized carbons (Fsp3) is 0.273. The summed E-state index contributed by atoms with van der Waals surface area (Å²) in [5, 5.41) is 9.10. The molecular weight excluding hydrogens is 214 g/mol. The van der Waals surface area contributed by atoms with Crippen molar-refractivity contribution in [1.29, 1.82) is 5.26 Å². The zero-order chi connectivity index (χ0) is 11.4. The Labute approximate surface area is 93.2 Å². The zero-order valence-electron chi connectivity index (χ0n) is 8.45. The van der Waals surface area contributed by atoms with Crippen LogP contribution in [0, 0.1) is 17.2 Å². The Bertz CT molecular complexity index is 423. The summed E-state index contributed by atoms with van der Waals surface area (Å²) in [5.41, 5.74) is 0.346. The topological polar surface area (TPSA) is 50.1 Å². The Morgan fingerprint density at radius 2 is 2.27 bits per heavy atom. The smallest absolute Gasteiger partial charge is 0.183 e. The van der Waals surface area contributed by atoms with E-state index >= 15 is 0 Å². The average Bonchev–Trinajstić information content (AvgIpc) is 2.27. The number of ketones is 1. The largest absolute Gasteiger partial charge is 0.496 e. The summed E-state index contributed by atoms with van der Waals surface area (Å²) in [5.74, 6) is -0.541. The molecule has 3 nitrogen and oxygen atoms in total. The minimum Gasteiger partial charge on any atom is -0.496 e. The summed E-state index contributed by atoms with van der Waals surface area (Å²) >= 11 is 5.78. The zero-order valence-corrected chi connectivity index (χ0v) is 9.21. The molecule has 0 radical (unpaired) electrons. The molecule has 15 heavy (non-hydrogen) atoms. The van der Waals surface area contributed by atoms with Crippen LogP contribution in [0.4, 0.5) is 0 Å². The summed E-state index contributed by atoms with van der Waals surface area (Å²) in [6.45, 7) is 1.54. The number of halogens is 1. The second-order valence-corrected chi connectivity index (χ2v) is 3.50. The monoisotopic (exact) mass is 223 g/mol. The van der Waals surface area contributed by atoms with E-state index in [1.807, 2.05) is 6.07 Å². The molecule has 0 fully saturated rings. The van der Waals surface area contributed by atoms with Crippen LogP contribution < -0.4 is 4.74 Å². The third-order valence-corrected chi connectivity index (χ3v) is 2.25. The van der Waals surface area contributed by atoms with Crippen LogP contribution in [0.15, 0.2) is 18.2 Å². The van der Waals surface area contributed by atoms with Gasteiger partial charge in [-0.1, -0.05) is 11.6 Å². The van der Waals surface area contributed by atoms with Crippen molar-refractivity contribution >= 4 is 17.4 Å². The lowest BCUT2D eigenvalue weighted by Crippen LogP contribution is -2.10. The van der Waals surface area contributed by atoms with Crippen LogP contribution in [0.1, 0.15) is 17.3 Å². The number of nitrogens with zero attached hydrogens (tertiary/aromatic N) is 1. The lowest BCUT2D eigenvalue weighted by Gasteiger charge is -2.08. The van der Waals surface area contributed by atoms with Crippen molar-refractivity contribution in [3.05, 3.63) is 28.8 Å². The van der Waals surface area contributed by atoms with Gasteiger partial charge in [0.05, 0.1) is 18.7 Å². The highest BCUT2D eigenvalue weighted by Crippen LogP contribution is 2.24. The normalized spacial score (nSPS) is 11.6. The molecule has 0 saturated carbocycles. The number of carbonyl (C=O) groups is 1. The van der Waals surface area contributed by atoms with Crippen molar-refractivity contribution < 1.29 is 9.53 Å². The molecule has 1 unspecified atom stereocenters. The number of hydrogen-bond donors (Lipinski definition) is 0. The molecule has 1 aromatic carbocycles. The molecule has 0 spiro atoms. The van der Waals surface area contributed by atoms with E-state index in [0.717, 1.165) is 0 Å². The summed E-state index contributed by atoms with van der Waals surface area (Å²) in [6.07, 6.45) is 0. The molecule has 0 amide bonds. The lowest BCUT2D eigenvalue weighted by molar-refractivity contribution is 0.0953. The molecule has 0 saturated heterocycles. The summed E-state index contributed by atoms with van der Waals surface area (Å²) < 4.78 is 5.03. The maximum Gasteiger partial charge on any atom is 0.183 e. The quantitative estimate of drug-likeness (QED) is 0.741. The van der Waals surface area contributed by atoms with E-state index in [0.29, 0.717) is 16.3 Å². The molecule has 78 valence electrons. The third-order valence-electron chi connectivity index (χ3n) is 2.01. The van der Waals surface area contributed by atoms with Gasteiger partial charge in [0.25, 0.3) is 0 Å². The first-order valence-corrected chi connectivity index (χ1v) is 4.75. The van der Waals surface area contributed by atoms with E-state index in [9.17, 15) is 4.79 Å². The Morgan fingerprint density at radius 1 is 1.60 bits per heavy atom. The van der Waals surface area contributed by atoms with Crippen molar-refractivity contribution in [1.82, 2.24) is 0 Å². The minimum absolute atomic E-state index is 0.281. The van der Waals surface area contributed by atoms with Crippen LogP contribution in [-0.2, 0) is 0 Å². The summed E-state index contributed by atoms with van der Waals surface area (Å²) in [6, 6.07) is 6.64. The molecule has 0 N–H and O–H groups in total. The highest BCUT2D eigenvalue weighted by atomic mass is 35.5. The molecule has 0 aliphatic rings. The Morgan fingerprint density at radius 3 is 2.80 bits per heavy atom. The number of benzene rings is 1. The van der Waals surface area contributed by atoms with Crippen molar-refractivity contribution in [2.45, 2.75) is 6.92 Å². The fourth-order valence-electron chi connectivity index (χ4n) is 1.16. The number of rotatable bonds is 3. The van der Waals surface area contributed by atoms with Gasteiger partial charge in [0, 0.05) is 5.02 Å². The SMILES string of the molecule is COc1ccc(Cl)cc1C(=O)C(C)C#N. The number of methoxy groups -OCH3 is 1. The first kappa shape index (κ1) is 11.5. The summed E-state index contributed by atoms with van der Waals surface area (Å²) in [4.78, 5) is 11.7.